The molecule has 0 spiro atoms. The lowest BCUT2D eigenvalue weighted by molar-refractivity contribution is 0.194. The molecule has 2 aromatic rings. The van der Waals surface area contributed by atoms with E-state index in [9.17, 15) is 4.79 Å². The van der Waals surface area contributed by atoms with Gasteiger partial charge in [0.2, 0.25) is 0 Å². The number of thiophene rings is 1. The van der Waals surface area contributed by atoms with E-state index in [1.807, 2.05) is 34.5 Å². The number of piperazine rings is 1. The maximum absolute atomic E-state index is 12.2. The van der Waals surface area contributed by atoms with Gasteiger partial charge in [-0.3, -0.25) is 0 Å². The van der Waals surface area contributed by atoms with Gasteiger partial charge in [-0.05, 0) is 34.5 Å². The predicted molar refractivity (Wildman–Crippen MR) is 93.3 cm³/mol. The molecule has 0 bridgehead atoms. The Morgan fingerprint density at radius 3 is 2.70 bits per heavy atom. The standard InChI is InChI=1S/C17H21N3O2S/c1-22-16-5-3-2-4-15(16)19-7-9-20(10-8-19)17(21)18-12-14-6-11-23-13-14/h2-6,11,13H,7-10,12H2,1H3,(H,18,21). The number of carbonyl (C=O) groups excluding carboxylic acids is 1. The van der Waals surface area contributed by atoms with E-state index in [-0.39, 0.29) is 6.03 Å². The Bertz CT molecular complexity index is 637. The zero-order chi connectivity index (χ0) is 16.1. The van der Waals surface area contributed by atoms with Gasteiger partial charge in [0.1, 0.15) is 5.75 Å². The quantitative estimate of drug-likeness (QED) is 0.937. The van der Waals surface area contributed by atoms with Gasteiger partial charge in [0.25, 0.3) is 0 Å². The minimum atomic E-state index is 0.0101. The molecule has 0 unspecified atom stereocenters. The van der Waals surface area contributed by atoms with Gasteiger partial charge in [0.15, 0.2) is 0 Å². The third kappa shape index (κ3) is 3.76. The molecule has 122 valence electrons. The molecule has 1 aliphatic rings. The predicted octanol–water partition coefficient (Wildman–Crippen LogP) is 2.79. The summed E-state index contributed by atoms with van der Waals surface area (Å²) < 4.78 is 5.42. The number of anilines is 1. The zero-order valence-corrected chi connectivity index (χ0v) is 14.0. The smallest absolute Gasteiger partial charge is 0.317 e. The van der Waals surface area contributed by atoms with Gasteiger partial charge in [0, 0.05) is 32.7 Å². The van der Waals surface area contributed by atoms with Crippen molar-refractivity contribution < 1.29 is 9.53 Å². The number of hydrogen-bond acceptors (Lipinski definition) is 4. The fourth-order valence-electron chi connectivity index (χ4n) is 2.72. The molecule has 1 saturated heterocycles. The second-order valence-electron chi connectivity index (χ2n) is 5.44. The highest BCUT2D eigenvalue weighted by Gasteiger charge is 2.22. The number of nitrogens with one attached hydrogen (secondary N) is 1. The third-order valence-electron chi connectivity index (χ3n) is 4.02. The number of rotatable bonds is 4. The molecule has 1 fully saturated rings. The van der Waals surface area contributed by atoms with E-state index in [1.165, 1.54) is 0 Å². The first-order valence-electron chi connectivity index (χ1n) is 7.70. The summed E-state index contributed by atoms with van der Waals surface area (Å²) in [4.78, 5) is 16.4. The number of hydrogen-bond donors (Lipinski definition) is 1. The summed E-state index contributed by atoms with van der Waals surface area (Å²) in [6.07, 6.45) is 0. The highest BCUT2D eigenvalue weighted by molar-refractivity contribution is 7.07. The van der Waals surface area contributed by atoms with Crippen molar-refractivity contribution in [2.75, 3.05) is 38.2 Å². The van der Waals surface area contributed by atoms with Crippen LogP contribution in [-0.2, 0) is 6.54 Å². The summed E-state index contributed by atoms with van der Waals surface area (Å²) in [7, 11) is 1.69. The minimum absolute atomic E-state index is 0.0101. The van der Waals surface area contributed by atoms with Gasteiger partial charge >= 0.3 is 6.03 Å². The van der Waals surface area contributed by atoms with Crippen LogP contribution in [-0.4, -0.2) is 44.2 Å². The van der Waals surface area contributed by atoms with Crippen LogP contribution < -0.4 is 15.0 Å². The van der Waals surface area contributed by atoms with Crippen molar-refractivity contribution in [1.82, 2.24) is 10.2 Å². The molecule has 1 aromatic carbocycles. The summed E-state index contributed by atoms with van der Waals surface area (Å²) in [5.41, 5.74) is 2.24. The van der Waals surface area contributed by atoms with Gasteiger partial charge in [-0.15, -0.1) is 0 Å². The number of amides is 2. The van der Waals surface area contributed by atoms with Gasteiger partial charge in [-0.1, -0.05) is 12.1 Å². The van der Waals surface area contributed by atoms with E-state index in [0.29, 0.717) is 19.6 Å². The summed E-state index contributed by atoms with van der Waals surface area (Å²) in [5.74, 6) is 0.878. The number of ether oxygens (including phenoxy) is 1. The number of para-hydroxylation sites is 2. The number of benzene rings is 1. The molecular weight excluding hydrogens is 310 g/mol. The Labute approximate surface area is 140 Å². The Morgan fingerprint density at radius 1 is 1.22 bits per heavy atom. The second-order valence-corrected chi connectivity index (χ2v) is 6.22. The highest BCUT2D eigenvalue weighted by atomic mass is 32.1. The SMILES string of the molecule is COc1ccccc1N1CCN(C(=O)NCc2ccsc2)CC1. The average Bonchev–Trinajstić information content (AvgIpc) is 3.13. The van der Waals surface area contributed by atoms with Crippen molar-refractivity contribution in [3.05, 3.63) is 46.7 Å². The van der Waals surface area contributed by atoms with Crippen LogP contribution in [0.25, 0.3) is 0 Å². The molecule has 0 radical (unpaired) electrons. The number of nitrogens with zero attached hydrogens (tertiary/aromatic N) is 2. The van der Waals surface area contributed by atoms with Crippen molar-refractivity contribution in [2.24, 2.45) is 0 Å². The lowest BCUT2D eigenvalue weighted by Gasteiger charge is -2.36. The van der Waals surface area contributed by atoms with Gasteiger partial charge in [-0.25, -0.2) is 4.79 Å². The molecule has 1 N–H and O–H groups in total. The fraction of sp³-hybridized carbons (Fsp3) is 0.353. The van der Waals surface area contributed by atoms with Crippen LogP contribution in [0.2, 0.25) is 0 Å². The van der Waals surface area contributed by atoms with E-state index in [2.05, 4.69) is 21.7 Å². The summed E-state index contributed by atoms with van der Waals surface area (Å²) >= 11 is 1.64. The molecule has 1 aliphatic heterocycles. The van der Waals surface area contributed by atoms with Crippen molar-refractivity contribution in [3.8, 4) is 5.75 Å². The van der Waals surface area contributed by atoms with Gasteiger partial charge in [-0.2, -0.15) is 11.3 Å². The first-order chi connectivity index (χ1) is 11.3. The van der Waals surface area contributed by atoms with Crippen LogP contribution in [0.15, 0.2) is 41.1 Å². The van der Waals surface area contributed by atoms with Crippen molar-refractivity contribution >= 4 is 23.1 Å². The maximum Gasteiger partial charge on any atom is 0.317 e. The maximum atomic E-state index is 12.2. The van der Waals surface area contributed by atoms with E-state index in [4.69, 9.17) is 4.74 Å². The molecule has 2 heterocycles. The average molecular weight is 331 g/mol. The van der Waals surface area contributed by atoms with Crippen LogP contribution in [0.5, 0.6) is 5.75 Å². The Balaban J connectivity index is 1.52. The topological polar surface area (TPSA) is 44.8 Å². The highest BCUT2D eigenvalue weighted by Crippen LogP contribution is 2.28. The van der Waals surface area contributed by atoms with Gasteiger partial charge in [0.05, 0.1) is 12.8 Å². The molecule has 1 aromatic heterocycles. The Morgan fingerprint density at radius 2 is 2.00 bits per heavy atom. The van der Waals surface area contributed by atoms with Crippen molar-refractivity contribution in [1.29, 1.82) is 0 Å². The van der Waals surface area contributed by atoms with Crippen LogP contribution in [0.1, 0.15) is 5.56 Å². The van der Waals surface area contributed by atoms with Crippen LogP contribution in [0.4, 0.5) is 10.5 Å². The van der Waals surface area contributed by atoms with E-state index in [1.54, 1.807) is 18.4 Å². The van der Waals surface area contributed by atoms with E-state index >= 15 is 0 Å². The fourth-order valence-corrected chi connectivity index (χ4v) is 3.39. The van der Waals surface area contributed by atoms with Crippen LogP contribution in [0, 0.1) is 0 Å². The zero-order valence-electron chi connectivity index (χ0n) is 13.2. The summed E-state index contributed by atoms with van der Waals surface area (Å²) in [6, 6.07) is 10.1. The first kappa shape index (κ1) is 15.7. The Kier molecular flexibility index (Phi) is 5.02. The molecule has 0 saturated carbocycles. The molecule has 23 heavy (non-hydrogen) atoms. The van der Waals surface area contributed by atoms with E-state index < -0.39 is 0 Å². The van der Waals surface area contributed by atoms with E-state index in [0.717, 1.165) is 30.1 Å². The molecule has 6 heteroatoms. The summed E-state index contributed by atoms with van der Waals surface area (Å²) in [5, 5.41) is 7.06. The number of carbonyl (C=O) groups is 1. The molecule has 0 atom stereocenters. The minimum Gasteiger partial charge on any atom is -0.495 e. The van der Waals surface area contributed by atoms with Crippen molar-refractivity contribution in [2.45, 2.75) is 6.54 Å². The van der Waals surface area contributed by atoms with Crippen LogP contribution in [0.3, 0.4) is 0 Å². The largest absolute Gasteiger partial charge is 0.495 e. The van der Waals surface area contributed by atoms with Crippen LogP contribution >= 0.6 is 11.3 Å². The lowest BCUT2D eigenvalue weighted by atomic mass is 10.2. The monoisotopic (exact) mass is 331 g/mol. The molecule has 3 rings (SSSR count). The summed E-state index contributed by atoms with van der Waals surface area (Å²) in [6.45, 7) is 3.65. The number of urea groups is 1. The van der Waals surface area contributed by atoms with Gasteiger partial charge < -0.3 is 19.9 Å². The normalized spacial score (nSPS) is 14.7. The number of methoxy groups -OCH3 is 1. The third-order valence-corrected chi connectivity index (χ3v) is 4.75. The molecule has 5 nitrogen and oxygen atoms in total. The molecule has 0 aliphatic carbocycles. The second kappa shape index (κ2) is 7.37. The Hall–Kier alpha value is -2.21. The van der Waals surface area contributed by atoms with Crippen molar-refractivity contribution in [3.63, 3.8) is 0 Å². The molecular formula is C17H21N3O2S. The lowest BCUT2D eigenvalue weighted by Crippen LogP contribution is -2.51. The first-order valence-corrected chi connectivity index (χ1v) is 8.64. The molecule has 2 amide bonds.